The predicted molar refractivity (Wildman–Crippen MR) is 111 cm³/mol. The fourth-order valence-electron chi connectivity index (χ4n) is 0.958. The van der Waals surface area contributed by atoms with Gasteiger partial charge in [-0.25, -0.2) is 0 Å². The van der Waals surface area contributed by atoms with Gasteiger partial charge in [-0.3, -0.25) is 43.2 Å². The van der Waals surface area contributed by atoms with Crippen molar-refractivity contribution in [2.45, 2.75) is 25.7 Å². The molecule has 1 radical (unpaired) electrons. The zero-order valence-corrected chi connectivity index (χ0v) is 23.2. The van der Waals surface area contributed by atoms with Gasteiger partial charge in [0.2, 0.25) is 5.78 Å². The second-order valence-corrected chi connectivity index (χ2v) is 5.09. The summed E-state index contributed by atoms with van der Waals surface area (Å²) in [6.07, 6.45) is -1.58. The van der Waals surface area contributed by atoms with E-state index in [0.29, 0.717) is 0 Å². The van der Waals surface area contributed by atoms with Crippen molar-refractivity contribution in [1.82, 2.24) is 0 Å². The number of carbonyl (C=O) groups excluding carboxylic acids is 9. The molecule has 0 rings (SSSR count). The Morgan fingerprint density at radius 1 is 0.486 bits per heavy atom. The normalized spacial score (nSPS) is 7.97. The number of hydrogen-bond acceptors (Lipinski definition) is 16. The maximum Gasteiger partial charge on any atom is 0.316 e. The monoisotopic (exact) mass is 611 g/mol. The number of Topliss-reactive ketones (excluding diaryl/α,β-unsaturated/α-hetero) is 1. The van der Waals surface area contributed by atoms with Gasteiger partial charge in [0.05, 0.1) is 21.3 Å². The van der Waals surface area contributed by atoms with Crippen molar-refractivity contribution in [3.8, 4) is 0 Å². The molecule has 17 heteroatoms. The second-order valence-electron chi connectivity index (χ2n) is 5.09. The Bertz CT molecular complexity index is 633. The summed E-state index contributed by atoms with van der Waals surface area (Å²) in [7, 11) is 14.8. The number of hydrogen-bond donors (Lipinski definition) is 0. The first-order valence-corrected chi connectivity index (χ1v) is 8.79. The van der Waals surface area contributed by atoms with Crippen LogP contribution in [-0.4, -0.2) is 75.2 Å². The van der Waals surface area contributed by atoms with Gasteiger partial charge in [0.15, 0.2) is 6.29 Å². The molecule has 0 aromatic carbocycles. The number of ketones is 1. The van der Waals surface area contributed by atoms with Gasteiger partial charge in [-0.15, -0.1) is 0 Å². The molecule has 0 N–H and O–H groups in total. The Hall–Kier alpha value is -3.27. The Morgan fingerprint density at radius 2 is 0.703 bits per heavy atom. The van der Waals surface area contributed by atoms with Gasteiger partial charge in [0.25, 0.3) is 23.9 Å². The molecule has 209 valence electrons. The van der Waals surface area contributed by atoms with Crippen LogP contribution in [-0.2, 0) is 109 Å². The van der Waals surface area contributed by atoms with E-state index < -0.39 is 54.0 Å². The van der Waals surface area contributed by atoms with E-state index in [1.54, 1.807) is 0 Å². The fourth-order valence-corrected chi connectivity index (χ4v) is 0.958. The quantitative estimate of drug-likeness (QED) is 0.0772. The van der Waals surface area contributed by atoms with Crippen molar-refractivity contribution in [3.63, 3.8) is 0 Å². The second kappa shape index (κ2) is 30.8. The summed E-state index contributed by atoms with van der Waals surface area (Å²) in [6, 6.07) is 0. The number of esters is 7. The van der Waals surface area contributed by atoms with Crippen molar-refractivity contribution in [1.29, 1.82) is 0 Å². The summed E-state index contributed by atoms with van der Waals surface area (Å²) >= 11 is 0. The van der Waals surface area contributed by atoms with E-state index in [1.165, 1.54) is 21.3 Å². The molecule has 0 aromatic rings. The van der Waals surface area contributed by atoms with Crippen molar-refractivity contribution >= 4 is 53.9 Å². The minimum Gasteiger partial charge on any atom is -0.640 e. The number of ether oxygens (including phenoxy) is 7. The van der Waals surface area contributed by atoms with Gasteiger partial charge in [-0.2, -0.15) is 28.4 Å². The maximum absolute atomic E-state index is 10.2. The van der Waals surface area contributed by atoms with E-state index in [1.807, 2.05) is 0 Å². The van der Waals surface area contributed by atoms with Gasteiger partial charge < -0.3 is 33.2 Å². The third kappa shape index (κ3) is 37.4. The van der Waals surface area contributed by atoms with Gasteiger partial charge in [0.1, 0.15) is 25.7 Å². The molecule has 16 nitrogen and oxygen atoms in total. The average molecular weight is 611 g/mol. The summed E-state index contributed by atoms with van der Waals surface area (Å²) < 4.78 is 28.1. The van der Waals surface area contributed by atoms with Gasteiger partial charge in [-0.05, 0) is 0 Å². The Kier molecular flexibility index (Phi) is 36.4. The molecule has 0 aromatic heterocycles. The van der Waals surface area contributed by atoms with Crippen LogP contribution in [0.2, 0.25) is 0 Å². The molecule has 0 unspecified atom stereocenters. The van der Waals surface area contributed by atoms with Crippen LogP contribution in [0.25, 0.3) is 0 Å². The molecule has 0 saturated carbocycles. The summed E-state index contributed by atoms with van der Waals surface area (Å²) in [5.41, 5.74) is 0. The average Bonchev–Trinajstić information content (AvgIpc) is 2.88. The van der Waals surface area contributed by atoms with Crippen LogP contribution in [0.4, 0.5) is 0 Å². The van der Waals surface area contributed by atoms with Crippen LogP contribution < -0.4 is 0 Å². The molecule has 0 fully saturated rings. The third-order valence-corrected chi connectivity index (χ3v) is 2.64. The zero-order valence-electron chi connectivity index (χ0n) is 20.3. The number of aldehydes is 1. The molecule has 0 bridgehead atoms. The molecular formula is C20H26O16Y-4. The topological polar surface area (TPSA) is 218 Å². The van der Waals surface area contributed by atoms with Crippen molar-refractivity contribution in [3.05, 3.63) is 28.4 Å². The van der Waals surface area contributed by atoms with Gasteiger partial charge in [0, 0.05) is 32.7 Å². The van der Waals surface area contributed by atoms with Crippen LogP contribution in [0.5, 0.6) is 0 Å². The predicted octanol–water partition coefficient (Wildman–Crippen LogP) is -0.870. The van der Waals surface area contributed by atoms with Gasteiger partial charge in [-0.1, -0.05) is 0 Å². The summed E-state index contributed by atoms with van der Waals surface area (Å²) in [5.74, 6) is -5.54. The first-order chi connectivity index (χ1) is 16.8. The Balaban J connectivity index is -0.000000122. The summed E-state index contributed by atoms with van der Waals surface area (Å²) in [4.78, 5) is 91.1. The standard InChI is InChI=1S/3C5H7O4.C5H5O4.Y/c3*1-8-4(6)3-5(7)9-2;1-9-5(8)2-4(7)3-6;/h3*1,3H2,2H3;3H,1-2H2;/q4*-1;. The first kappa shape index (κ1) is 43.8. The number of methoxy groups -OCH3 is 3. The van der Waals surface area contributed by atoms with Crippen molar-refractivity contribution in [2.24, 2.45) is 0 Å². The zero-order chi connectivity index (χ0) is 29.1. The number of carbonyl (C=O) groups is 9. The van der Waals surface area contributed by atoms with Crippen molar-refractivity contribution in [2.75, 3.05) is 21.3 Å². The minimum atomic E-state index is -0.802. The summed E-state index contributed by atoms with van der Waals surface area (Å²) in [5, 5.41) is 0. The van der Waals surface area contributed by atoms with Crippen LogP contribution in [0, 0.1) is 28.4 Å². The Morgan fingerprint density at radius 3 is 0.865 bits per heavy atom. The van der Waals surface area contributed by atoms with Crippen LogP contribution in [0.15, 0.2) is 0 Å². The van der Waals surface area contributed by atoms with E-state index in [2.05, 4.69) is 61.6 Å². The summed E-state index contributed by atoms with van der Waals surface area (Å²) in [6.45, 7) is 0. The molecule has 0 aliphatic heterocycles. The maximum atomic E-state index is 10.2. The fraction of sp³-hybridized carbons (Fsp3) is 0.350. The smallest absolute Gasteiger partial charge is 0.316 e. The van der Waals surface area contributed by atoms with E-state index >= 15 is 0 Å². The van der Waals surface area contributed by atoms with Crippen LogP contribution in [0.3, 0.4) is 0 Å². The van der Waals surface area contributed by atoms with Crippen LogP contribution >= 0.6 is 0 Å². The van der Waals surface area contributed by atoms with E-state index in [4.69, 9.17) is 0 Å². The van der Waals surface area contributed by atoms with E-state index in [9.17, 15) is 43.2 Å². The molecule has 0 heterocycles. The minimum absolute atomic E-state index is 0. The largest absolute Gasteiger partial charge is 0.640 e. The molecule has 0 amide bonds. The van der Waals surface area contributed by atoms with Gasteiger partial charge >= 0.3 is 17.9 Å². The third-order valence-electron chi connectivity index (χ3n) is 2.64. The molecule has 0 spiro atoms. The molecule has 0 atom stereocenters. The number of rotatable bonds is 9. The Labute approximate surface area is 237 Å². The first-order valence-electron chi connectivity index (χ1n) is 8.79. The van der Waals surface area contributed by atoms with E-state index in [0.717, 1.165) is 0 Å². The SMILES string of the molecule is [CH2-]OC(=O)CC(=O)C=O.[CH2-]OC(=O)CC(=O)OC.[CH2-]OC(=O)CC(=O)OC.[CH2-]OC(=O)CC(=O)OC.[Y]. The molecule has 37 heavy (non-hydrogen) atoms. The molecule has 0 aliphatic carbocycles. The molecule has 0 saturated heterocycles. The van der Waals surface area contributed by atoms with Crippen LogP contribution in [0.1, 0.15) is 25.7 Å². The van der Waals surface area contributed by atoms with Crippen molar-refractivity contribution < 1.29 is 109 Å². The molecule has 0 aliphatic rings. The molecular weight excluding hydrogens is 585 g/mol. The van der Waals surface area contributed by atoms with E-state index in [-0.39, 0.29) is 58.3 Å².